The molecular formula is C15H20N2O2. The number of hydrogen-bond donors (Lipinski definition) is 1. The number of aromatic nitrogens is 1. The second kappa shape index (κ2) is 6.38. The summed E-state index contributed by atoms with van der Waals surface area (Å²) in [6, 6.07) is 4.07. The van der Waals surface area contributed by atoms with Crippen molar-refractivity contribution in [1.82, 2.24) is 10.3 Å². The minimum Gasteiger partial charge on any atom is -0.492 e. The molecule has 0 amide bonds. The third kappa shape index (κ3) is 3.15. The largest absolute Gasteiger partial charge is 0.492 e. The number of aryl methyl sites for hydroxylation is 1. The van der Waals surface area contributed by atoms with E-state index in [1.54, 1.807) is 12.5 Å². The van der Waals surface area contributed by atoms with Crippen molar-refractivity contribution in [2.75, 3.05) is 13.7 Å². The Labute approximate surface area is 113 Å². The zero-order valence-electron chi connectivity index (χ0n) is 11.6. The van der Waals surface area contributed by atoms with Crippen molar-refractivity contribution in [2.24, 2.45) is 0 Å². The number of hydrogen-bond acceptors (Lipinski definition) is 4. The van der Waals surface area contributed by atoms with Crippen LogP contribution in [-0.4, -0.2) is 18.6 Å². The van der Waals surface area contributed by atoms with E-state index in [0.717, 1.165) is 29.1 Å². The molecule has 2 aromatic rings. The Morgan fingerprint density at radius 1 is 1.42 bits per heavy atom. The van der Waals surface area contributed by atoms with Gasteiger partial charge in [-0.1, -0.05) is 6.92 Å². The van der Waals surface area contributed by atoms with Gasteiger partial charge in [0.25, 0.3) is 0 Å². The normalized spacial score (nSPS) is 12.4. The van der Waals surface area contributed by atoms with Gasteiger partial charge in [0.1, 0.15) is 11.5 Å². The van der Waals surface area contributed by atoms with Crippen LogP contribution in [0.1, 0.15) is 36.3 Å². The molecule has 2 heterocycles. The van der Waals surface area contributed by atoms with Gasteiger partial charge in [0.15, 0.2) is 0 Å². The molecule has 0 spiro atoms. The van der Waals surface area contributed by atoms with Crippen molar-refractivity contribution in [1.29, 1.82) is 0 Å². The smallest absolute Gasteiger partial charge is 0.137 e. The fourth-order valence-corrected chi connectivity index (χ4v) is 2.09. The molecule has 1 unspecified atom stereocenters. The summed E-state index contributed by atoms with van der Waals surface area (Å²) in [5, 5.41) is 3.29. The summed E-state index contributed by atoms with van der Waals surface area (Å²) in [4.78, 5) is 4.25. The van der Waals surface area contributed by atoms with E-state index < -0.39 is 0 Å². The van der Waals surface area contributed by atoms with E-state index in [4.69, 9.17) is 9.15 Å². The number of pyridine rings is 1. The minimum absolute atomic E-state index is 0.0661. The van der Waals surface area contributed by atoms with Crippen molar-refractivity contribution < 1.29 is 9.15 Å². The Balaban J connectivity index is 2.26. The predicted octanol–water partition coefficient (Wildman–Crippen LogP) is 3.08. The van der Waals surface area contributed by atoms with Gasteiger partial charge < -0.3 is 14.5 Å². The zero-order valence-corrected chi connectivity index (χ0v) is 11.6. The van der Waals surface area contributed by atoms with E-state index >= 15 is 0 Å². The first kappa shape index (κ1) is 13.6. The molecule has 2 aromatic heterocycles. The van der Waals surface area contributed by atoms with Crippen LogP contribution >= 0.6 is 0 Å². The number of furan rings is 1. The van der Waals surface area contributed by atoms with Gasteiger partial charge in [0.2, 0.25) is 0 Å². The van der Waals surface area contributed by atoms with Gasteiger partial charge in [0.05, 0.1) is 25.1 Å². The molecule has 0 aliphatic rings. The predicted molar refractivity (Wildman–Crippen MR) is 74.4 cm³/mol. The highest BCUT2D eigenvalue weighted by Gasteiger charge is 2.17. The van der Waals surface area contributed by atoms with Crippen LogP contribution in [0.5, 0.6) is 5.75 Å². The standard InChI is InChI=1S/C15H20N2O2/c1-4-6-19-13-8-12(9-17-10-13)15(16-3)14-5-7-18-11(14)2/h5,7-10,15-16H,4,6H2,1-3H3. The van der Waals surface area contributed by atoms with Crippen molar-refractivity contribution in [3.8, 4) is 5.75 Å². The molecule has 0 aliphatic carbocycles. The Morgan fingerprint density at radius 3 is 2.89 bits per heavy atom. The Hall–Kier alpha value is -1.81. The lowest BCUT2D eigenvalue weighted by molar-refractivity contribution is 0.315. The molecule has 2 rings (SSSR count). The first-order valence-corrected chi connectivity index (χ1v) is 6.55. The summed E-state index contributed by atoms with van der Waals surface area (Å²) in [6.45, 7) is 4.76. The second-order valence-corrected chi connectivity index (χ2v) is 4.46. The topological polar surface area (TPSA) is 47.3 Å². The monoisotopic (exact) mass is 260 g/mol. The molecule has 0 aliphatic heterocycles. The van der Waals surface area contributed by atoms with Crippen LogP contribution < -0.4 is 10.1 Å². The number of rotatable bonds is 6. The maximum atomic E-state index is 5.62. The van der Waals surface area contributed by atoms with Crippen LogP contribution in [0.25, 0.3) is 0 Å². The van der Waals surface area contributed by atoms with E-state index in [1.165, 1.54) is 0 Å². The number of ether oxygens (including phenoxy) is 1. The van der Waals surface area contributed by atoms with Gasteiger partial charge in [-0.15, -0.1) is 0 Å². The summed E-state index contributed by atoms with van der Waals surface area (Å²) in [5.74, 6) is 1.72. The molecule has 0 saturated heterocycles. The zero-order chi connectivity index (χ0) is 13.7. The van der Waals surface area contributed by atoms with Crippen LogP contribution in [0.15, 0.2) is 35.2 Å². The van der Waals surface area contributed by atoms with E-state index in [9.17, 15) is 0 Å². The third-order valence-electron chi connectivity index (χ3n) is 3.04. The minimum atomic E-state index is 0.0661. The quantitative estimate of drug-likeness (QED) is 0.867. The van der Waals surface area contributed by atoms with E-state index in [1.807, 2.05) is 32.3 Å². The summed E-state index contributed by atoms with van der Waals surface area (Å²) in [7, 11) is 1.93. The second-order valence-electron chi connectivity index (χ2n) is 4.46. The van der Waals surface area contributed by atoms with E-state index in [0.29, 0.717) is 6.61 Å². The summed E-state index contributed by atoms with van der Waals surface area (Å²) >= 11 is 0. The molecule has 0 bridgehead atoms. The molecule has 0 aromatic carbocycles. The van der Waals surface area contributed by atoms with E-state index in [-0.39, 0.29) is 6.04 Å². The first-order valence-electron chi connectivity index (χ1n) is 6.55. The van der Waals surface area contributed by atoms with Crippen LogP contribution in [0, 0.1) is 6.92 Å². The highest BCUT2D eigenvalue weighted by atomic mass is 16.5. The molecule has 0 radical (unpaired) electrons. The first-order chi connectivity index (χ1) is 9.26. The lowest BCUT2D eigenvalue weighted by Crippen LogP contribution is -2.18. The van der Waals surface area contributed by atoms with Crippen LogP contribution in [0.4, 0.5) is 0 Å². The van der Waals surface area contributed by atoms with Crippen LogP contribution in [0.2, 0.25) is 0 Å². The Morgan fingerprint density at radius 2 is 2.26 bits per heavy atom. The molecule has 1 atom stereocenters. The number of nitrogens with one attached hydrogen (secondary N) is 1. The highest BCUT2D eigenvalue weighted by Crippen LogP contribution is 2.26. The lowest BCUT2D eigenvalue weighted by atomic mass is 10.0. The maximum Gasteiger partial charge on any atom is 0.137 e. The van der Waals surface area contributed by atoms with Gasteiger partial charge in [0, 0.05) is 11.8 Å². The van der Waals surface area contributed by atoms with Crippen LogP contribution in [0.3, 0.4) is 0 Å². The lowest BCUT2D eigenvalue weighted by Gasteiger charge is -2.16. The van der Waals surface area contributed by atoms with Crippen molar-refractivity contribution in [3.63, 3.8) is 0 Å². The van der Waals surface area contributed by atoms with Gasteiger partial charge in [-0.05, 0) is 38.1 Å². The highest BCUT2D eigenvalue weighted by molar-refractivity contribution is 5.34. The maximum absolute atomic E-state index is 5.62. The van der Waals surface area contributed by atoms with Crippen molar-refractivity contribution in [2.45, 2.75) is 26.3 Å². The molecule has 102 valence electrons. The summed E-state index contributed by atoms with van der Waals surface area (Å²) < 4.78 is 11.0. The average molecular weight is 260 g/mol. The number of nitrogens with zero attached hydrogens (tertiary/aromatic N) is 1. The third-order valence-corrected chi connectivity index (χ3v) is 3.04. The molecule has 0 fully saturated rings. The summed E-state index contributed by atoms with van der Waals surface area (Å²) in [5.41, 5.74) is 2.19. The SMILES string of the molecule is CCCOc1cncc(C(NC)c2ccoc2C)c1. The Bertz CT molecular complexity index is 522. The van der Waals surface area contributed by atoms with E-state index in [2.05, 4.69) is 17.2 Å². The average Bonchev–Trinajstić information content (AvgIpc) is 2.84. The summed E-state index contributed by atoms with van der Waals surface area (Å²) in [6.07, 6.45) is 6.29. The Kier molecular flexibility index (Phi) is 4.58. The molecule has 19 heavy (non-hydrogen) atoms. The van der Waals surface area contributed by atoms with Crippen LogP contribution in [-0.2, 0) is 0 Å². The van der Waals surface area contributed by atoms with Crippen molar-refractivity contribution in [3.05, 3.63) is 47.7 Å². The molecule has 4 nitrogen and oxygen atoms in total. The molecular weight excluding hydrogens is 240 g/mol. The van der Waals surface area contributed by atoms with Gasteiger partial charge in [-0.2, -0.15) is 0 Å². The van der Waals surface area contributed by atoms with Crippen molar-refractivity contribution >= 4 is 0 Å². The molecule has 0 saturated carbocycles. The fourth-order valence-electron chi connectivity index (χ4n) is 2.09. The van der Waals surface area contributed by atoms with Gasteiger partial charge >= 0.3 is 0 Å². The van der Waals surface area contributed by atoms with Gasteiger partial charge in [-0.25, -0.2) is 0 Å². The molecule has 1 N–H and O–H groups in total. The molecule has 4 heteroatoms. The van der Waals surface area contributed by atoms with Gasteiger partial charge in [-0.3, -0.25) is 4.98 Å². The fraction of sp³-hybridized carbons (Fsp3) is 0.400.